The van der Waals surface area contributed by atoms with Crippen molar-refractivity contribution >= 4 is 34.9 Å². The molecule has 0 spiro atoms. The van der Waals surface area contributed by atoms with Crippen LogP contribution in [0, 0.1) is 6.92 Å². The Balaban J connectivity index is 2.57. The van der Waals surface area contributed by atoms with Gasteiger partial charge in [-0.25, -0.2) is 9.59 Å². The van der Waals surface area contributed by atoms with Gasteiger partial charge in [0.1, 0.15) is 0 Å². The van der Waals surface area contributed by atoms with Crippen molar-refractivity contribution in [3.05, 3.63) is 58.1 Å². The summed E-state index contributed by atoms with van der Waals surface area (Å²) in [7, 11) is 0. The number of hydrogen-bond donors (Lipinski definition) is 3. The topological polar surface area (TPSA) is 86.6 Å². The van der Waals surface area contributed by atoms with Crippen molar-refractivity contribution in [2.24, 2.45) is 0 Å². The number of nitrogens with one attached hydrogen (secondary N) is 1. The molecule has 0 atom stereocenters. The number of anilines is 2. The van der Waals surface area contributed by atoms with E-state index in [1.54, 1.807) is 25.1 Å². The molecule has 0 aliphatic carbocycles. The Morgan fingerprint density at radius 3 is 2.24 bits per heavy atom. The Kier molecular flexibility index (Phi) is 4.14. The van der Waals surface area contributed by atoms with E-state index in [2.05, 4.69) is 5.32 Å². The van der Waals surface area contributed by atoms with Crippen molar-refractivity contribution in [2.45, 2.75) is 6.92 Å². The molecule has 0 heterocycles. The van der Waals surface area contributed by atoms with Gasteiger partial charge in [-0.05, 0) is 36.8 Å². The highest BCUT2D eigenvalue weighted by Gasteiger charge is 2.17. The number of hydrogen-bond acceptors (Lipinski definition) is 3. The van der Waals surface area contributed by atoms with E-state index in [4.69, 9.17) is 16.7 Å². The summed E-state index contributed by atoms with van der Waals surface area (Å²) in [5, 5.41) is 21.7. The second kappa shape index (κ2) is 5.85. The van der Waals surface area contributed by atoms with Gasteiger partial charge in [0.15, 0.2) is 0 Å². The van der Waals surface area contributed by atoms with Gasteiger partial charge < -0.3 is 15.5 Å². The fourth-order valence-electron chi connectivity index (χ4n) is 1.94. The molecular formula is C15H12ClNO4. The van der Waals surface area contributed by atoms with Crippen molar-refractivity contribution < 1.29 is 19.8 Å². The van der Waals surface area contributed by atoms with Crippen LogP contribution in [-0.4, -0.2) is 22.2 Å². The lowest BCUT2D eigenvalue weighted by atomic mass is 10.1. The number of para-hydroxylation sites is 1. The van der Waals surface area contributed by atoms with Crippen molar-refractivity contribution in [3.63, 3.8) is 0 Å². The second-order valence-corrected chi connectivity index (χ2v) is 4.78. The maximum atomic E-state index is 11.3. The van der Waals surface area contributed by atoms with Crippen LogP contribution in [0.5, 0.6) is 0 Å². The highest BCUT2D eigenvalue weighted by atomic mass is 35.5. The summed E-state index contributed by atoms with van der Waals surface area (Å²) in [5.74, 6) is -2.22. The van der Waals surface area contributed by atoms with Gasteiger partial charge in [-0.2, -0.15) is 0 Å². The molecule has 0 aliphatic rings. The van der Waals surface area contributed by atoms with Gasteiger partial charge in [0, 0.05) is 5.02 Å². The van der Waals surface area contributed by atoms with Gasteiger partial charge >= 0.3 is 11.9 Å². The van der Waals surface area contributed by atoms with Crippen LogP contribution < -0.4 is 5.32 Å². The fraction of sp³-hybridized carbons (Fsp3) is 0.0667. The Morgan fingerprint density at radius 2 is 1.62 bits per heavy atom. The molecule has 108 valence electrons. The smallest absolute Gasteiger partial charge is 0.337 e. The molecule has 6 heteroatoms. The maximum Gasteiger partial charge on any atom is 0.337 e. The van der Waals surface area contributed by atoms with Crippen LogP contribution in [-0.2, 0) is 0 Å². The highest BCUT2D eigenvalue weighted by Crippen LogP contribution is 2.31. The second-order valence-electron chi connectivity index (χ2n) is 4.38. The van der Waals surface area contributed by atoms with E-state index in [1.807, 2.05) is 0 Å². The van der Waals surface area contributed by atoms with Gasteiger partial charge in [-0.15, -0.1) is 0 Å². The molecule has 2 rings (SSSR count). The molecule has 0 saturated carbocycles. The van der Waals surface area contributed by atoms with Crippen LogP contribution in [0.15, 0.2) is 36.4 Å². The Morgan fingerprint density at radius 1 is 1.00 bits per heavy atom. The van der Waals surface area contributed by atoms with Crippen LogP contribution in [0.3, 0.4) is 0 Å². The minimum absolute atomic E-state index is 0.0251. The standard InChI is InChI=1S/C15H12ClNO4/c1-8-11(16)7-6-10(15(20)21)13(8)17-12-5-3-2-4-9(12)14(18)19/h2-7,17H,1H3,(H,18,19)(H,20,21). The third-order valence-corrected chi connectivity index (χ3v) is 3.46. The summed E-state index contributed by atoms with van der Waals surface area (Å²) in [4.78, 5) is 22.5. The lowest BCUT2D eigenvalue weighted by molar-refractivity contribution is 0.0688. The van der Waals surface area contributed by atoms with Crippen LogP contribution >= 0.6 is 11.6 Å². The van der Waals surface area contributed by atoms with Gasteiger partial charge in [0.2, 0.25) is 0 Å². The number of rotatable bonds is 4. The molecule has 0 amide bonds. The molecule has 0 radical (unpaired) electrons. The molecule has 2 aromatic rings. The summed E-state index contributed by atoms with van der Waals surface area (Å²) in [5.41, 5.74) is 1.20. The van der Waals surface area contributed by atoms with Gasteiger partial charge in [0.05, 0.1) is 22.5 Å². The molecule has 21 heavy (non-hydrogen) atoms. The average Bonchev–Trinajstić information content (AvgIpc) is 2.44. The molecule has 0 aliphatic heterocycles. The minimum atomic E-state index is -1.12. The minimum Gasteiger partial charge on any atom is -0.478 e. The first-order valence-corrected chi connectivity index (χ1v) is 6.41. The lowest BCUT2D eigenvalue weighted by Crippen LogP contribution is -2.08. The number of carboxylic acid groups (broad SMARTS) is 2. The first kappa shape index (κ1) is 14.9. The monoisotopic (exact) mass is 305 g/mol. The van der Waals surface area contributed by atoms with Crippen molar-refractivity contribution in [1.29, 1.82) is 0 Å². The zero-order chi connectivity index (χ0) is 15.6. The van der Waals surface area contributed by atoms with Crippen LogP contribution in [0.1, 0.15) is 26.3 Å². The lowest BCUT2D eigenvalue weighted by Gasteiger charge is -2.15. The third kappa shape index (κ3) is 2.98. The van der Waals surface area contributed by atoms with E-state index in [0.29, 0.717) is 16.3 Å². The number of carbonyl (C=O) groups is 2. The highest BCUT2D eigenvalue weighted by molar-refractivity contribution is 6.32. The summed E-state index contributed by atoms with van der Waals surface area (Å²) in [6, 6.07) is 9.13. The maximum absolute atomic E-state index is 11.3. The molecule has 2 aromatic carbocycles. The van der Waals surface area contributed by atoms with E-state index < -0.39 is 11.9 Å². The third-order valence-electron chi connectivity index (χ3n) is 3.05. The fourth-order valence-corrected chi connectivity index (χ4v) is 2.10. The summed E-state index contributed by atoms with van der Waals surface area (Å²) < 4.78 is 0. The predicted molar refractivity (Wildman–Crippen MR) is 79.8 cm³/mol. The van der Waals surface area contributed by atoms with E-state index in [9.17, 15) is 14.7 Å². The molecular weight excluding hydrogens is 294 g/mol. The van der Waals surface area contributed by atoms with Crippen molar-refractivity contribution in [3.8, 4) is 0 Å². The van der Waals surface area contributed by atoms with E-state index in [1.165, 1.54) is 18.2 Å². The summed E-state index contributed by atoms with van der Waals surface area (Å²) in [6.45, 7) is 1.67. The number of carboxylic acids is 2. The quantitative estimate of drug-likeness (QED) is 0.800. The molecule has 0 bridgehead atoms. The van der Waals surface area contributed by atoms with E-state index >= 15 is 0 Å². The first-order chi connectivity index (χ1) is 9.91. The molecule has 0 fully saturated rings. The molecule has 0 unspecified atom stereocenters. The molecule has 3 N–H and O–H groups in total. The average molecular weight is 306 g/mol. The van der Waals surface area contributed by atoms with Crippen molar-refractivity contribution in [2.75, 3.05) is 5.32 Å². The van der Waals surface area contributed by atoms with E-state index in [-0.39, 0.29) is 16.8 Å². The van der Waals surface area contributed by atoms with Gasteiger partial charge in [-0.3, -0.25) is 0 Å². The Bertz CT molecular complexity index is 728. The predicted octanol–water partition coefficient (Wildman–Crippen LogP) is 3.79. The number of halogens is 1. The largest absolute Gasteiger partial charge is 0.478 e. The SMILES string of the molecule is Cc1c(Cl)ccc(C(=O)O)c1Nc1ccccc1C(=O)O. The van der Waals surface area contributed by atoms with E-state index in [0.717, 1.165) is 0 Å². The summed E-state index contributed by atoms with van der Waals surface area (Å²) >= 11 is 6.01. The molecule has 0 aromatic heterocycles. The zero-order valence-electron chi connectivity index (χ0n) is 11.1. The summed E-state index contributed by atoms with van der Waals surface area (Å²) in [6.07, 6.45) is 0. The number of benzene rings is 2. The van der Waals surface area contributed by atoms with Crippen LogP contribution in [0.2, 0.25) is 5.02 Å². The van der Waals surface area contributed by atoms with Crippen LogP contribution in [0.25, 0.3) is 0 Å². The normalized spacial score (nSPS) is 10.2. The first-order valence-electron chi connectivity index (χ1n) is 6.03. The Hall–Kier alpha value is -2.53. The van der Waals surface area contributed by atoms with Gasteiger partial charge in [-0.1, -0.05) is 23.7 Å². The van der Waals surface area contributed by atoms with Crippen LogP contribution in [0.4, 0.5) is 11.4 Å². The zero-order valence-corrected chi connectivity index (χ0v) is 11.8. The van der Waals surface area contributed by atoms with Gasteiger partial charge in [0.25, 0.3) is 0 Å². The molecule has 0 saturated heterocycles. The van der Waals surface area contributed by atoms with Crippen molar-refractivity contribution in [1.82, 2.24) is 0 Å². The molecule has 5 nitrogen and oxygen atoms in total. The number of aromatic carboxylic acids is 2. The Labute approximate surface area is 125 Å².